The van der Waals surface area contributed by atoms with Crippen molar-refractivity contribution in [3.05, 3.63) is 69.2 Å². The van der Waals surface area contributed by atoms with Crippen LogP contribution >= 0.6 is 15.9 Å². The zero-order valence-corrected chi connectivity index (χ0v) is 12.6. The van der Waals surface area contributed by atoms with Crippen LogP contribution in [0.4, 0.5) is 17.6 Å². The van der Waals surface area contributed by atoms with Crippen LogP contribution in [0.3, 0.4) is 0 Å². The summed E-state index contributed by atoms with van der Waals surface area (Å²) in [4.78, 5) is 0. The number of hydrogen-bond donors (Lipinski definition) is 1. The van der Waals surface area contributed by atoms with E-state index in [0.717, 1.165) is 0 Å². The Kier molecular flexibility index (Phi) is 5.00. The van der Waals surface area contributed by atoms with Crippen LogP contribution in [0.2, 0.25) is 0 Å². The molecular weight excluding hydrogens is 350 g/mol. The standard InChI is InChI=1S/C15H12BrF4N/c1-21-14(4-8-2-9(16)5-10(17)3-8)15-12(19)6-11(18)7-13(15)20/h2-3,5-7,14,21H,4H2,1H3. The molecular formula is C15H12BrF4N. The zero-order chi connectivity index (χ0) is 15.6. The van der Waals surface area contributed by atoms with Gasteiger partial charge in [0, 0.05) is 28.2 Å². The Morgan fingerprint density at radius 2 is 1.52 bits per heavy atom. The summed E-state index contributed by atoms with van der Waals surface area (Å²) < 4.78 is 54.4. The number of benzene rings is 2. The van der Waals surface area contributed by atoms with Gasteiger partial charge in [-0.3, -0.25) is 0 Å². The maximum absolute atomic E-state index is 13.8. The number of likely N-dealkylation sites (N-methyl/N-ethyl adjacent to an activating group) is 1. The van der Waals surface area contributed by atoms with E-state index < -0.39 is 29.3 Å². The third-order valence-corrected chi connectivity index (χ3v) is 3.56. The summed E-state index contributed by atoms with van der Waals surface area (Å²) in [7, 11) is 1.53. The van der Waals surface area contributed by atoms with E-state index in [0.29, 0.717) is 22.2 Å². The van der Waals surface area contributed by atoms with Gasteiger partial charge in [-0.05, 0) is 37.2 Å². The topological polar surface area (TPSA) is 12.0 Å². The van der Waals surface area contributed by atoms with E-state index in [1.807, 2.05) is 0 Å². The van der Waals surface area contributed by atoms with Gasteiger partial charge in [-0.2, -0.15) is 0 Å². The first-order valence-electron chi connectivity index (χ1n) is 6.17. The quantitative estimate of drug-likeness (QED) is 0.790. The maximum Gasteiger partial charge on any atom is 0.133 e. The monoisotopic (exact) mass is 361 g/mol. The molecule has 0 radical (unpaired) electrons. The highest BCUT2D eigenvalue weighted by atomic mass is 79.9. The Morgan fingerprint density at radius 3 is 2.05 bits per heavy atom. The molecule has 1 atom stereocenters. The van der Waals surface area contributed by atoms with Gasteiger partial charge in [0.1, 0.15) is 23.3 Å². The van der Waals surface area contributed by atoms with E-state index in [1.54, 1.807) is 6.07 Å². The molecule has 0 aliphatic carbocycles. The minimum Gasteiger partial charge on any atom is -0.313 e. The van der Waals surface area contributed by atoms with Crippen LogP contribution in [-0.2, 0) is 6.42 Å². The molecule has 112 valence electrons. The van der Waals surface area contributed by atoms with E-state index in [2.05, 4.69) is 21.2 Å². The first-order valence-corrected chi connectivity index (χ1v) is 6.96. The number of hydrogen-bond acceptors (Lipinski definition) is 1. The molecule has 6 heteroatoms. The molecule has 2 aromatic rings. The molecule has 1 N–H and O–H groups in total. The van der Waals surface area contributed by atoms with E-state index >= 15 is 0 Å². The Hall–Kier alpha value is -1.40. The highest BCUT2D eigenvalue weighted by molar-refractivity contribution is 9.10. The van der Waals surface area contributed by atoms with Gasteiger partial charge in [-0.1, -0.05) is 15.9 Å². The Labute approximate surface area is 128 Å². The third kappa shape index (κ3) is 3.83. The van der Waals surface area contributed by atoms with E-state index in [4.69, 9.17) is 0 Å². The Bertz CT molecular complexity index is 617. The second-order valence-corrected chi connectivity index (χ2v) is 5.52. The maximum atomic E-state index is 13.8. The number of rotatable bonds is 4. The number of halogens is 5. The molecule has 0 amide bonds. The van der Waals surface area contributed by atoms with Crippen LogP contribution in [0.15, 0.2) is 34.8 Å². The van der Waals surface area contributed by atoms with Gasteiger partial charge in [0.05, 0.1) is 0 Å². The highest BCUT2D eigenvalue weighted by Crippen LogP contribution is 2.26. The summed E-state index contributed by atoms with van der Waals surface area (Å²) in [5.41, 5.74) is 0.295. The molecule has 2 rings (SSSR count). The molecule has 0 fully saturated rings. The molecule has 0 aromatic heterocycles. The molecule has 0 aliphatic heterocycles. The van der Waals surface area contributed by atoms with Gasteiger partial charge in [-0.25, -0.2) is 17.6 Å². The van der Waals surface area contributed by atoms with Gasteiger partial charge in [0.25, 0.3) is 0 Å². The van der Waals surface area contributed by atoms with Crippen molar-refractivity contribution in [3.63, 3.8) is 0 Å². The summed E-state index contributed by atoms with van der Waals surface area (Å²) in [6, 6.07) is 4.76. The fourth-order valence-electron chi connectivity index (χ4n) is 2.20. The van der Waals surface area contributed by atoms with Crippen molar-refractivity contribution in [3.8, 4) is 0 Å². The lowest BCUT2D eigenvalue weighted by atomic mass is 9.98. The van der Waals surface area contributed by atoms with Crippen LogP contribution in [0, 0.1) is 23.3 Å². The van der Waals surface area contributed by atoms with Gasteiger partial charge in [0.2, 0.25) is 0 Å². The van der Waals surface area contributed by atoms with Crippen LogP contribution in [0.1, 0.15) is 17.2 Å². The first kappa shape index (κ1) is 16.0. The average Bonchev–Trinajstić information content (AvgIpc) is 2.35. The van der Waals surface area contributed by atoms with Gasteiger partial charge >= 0.3 is 0 Å². The smallest absolute Gasteiger partial charge is 0.133 e. The number of nitrogens with one attached hydrogen (secondary N) is 1. The lowest BCUT2D eigenvalue weighted by Crippen LogP contribution is -2.22. The SMILES string of the molecule is CNC(Cc1cc(F)cc(Br)c1)c1c(F)cc(F)cc1F. The van der Waals surface area contributed by atoms with E-state index in [1.165, 1.54) is 19.2 Å². The Balaban J connectivity index is 2.36. The van der Waals surface area contributed by atoms with Gasteiger partial charge < -0.3 is 5.32 Å². The van der Waals surface area contributed by atoms with Crippen molar-refractivity contribution in [2.45, 2.75) is 12.5 Å². The van der Waals surface area contributed by atoms with Crippen molar-refractivity contribution >= 4 is 15.9 Å². The first-order chi connectivity index (χ1) is 9.90. The predicted molar refractivity (Wildman–Crippen MR) is 75.9 cm³/mol. The van der Waals surface area contributed by atoms with Crippen molar-refractivity contribution in [2.75, 3.05) is 7.05 Å². The lowest BCUT2D eigenvalue weighted by Gasteiger charge is -2.18. The van der Waals surface area contributed by atoms with Crippen molar-refractivity contribution < 1.29 is 17.6 Å². The molecule has 1 nitrogen and oxygen atoms in total. The summed E-state index contributed by atoms with van der Waals surface area (Å²) >= 11 is 3.16. The predicted octanol–water partition coefficient (Wildman–Crippen LogP) is 4.51. The van der Waals surface area contributed by atoms with Crippen LogP contribution in [0.25, 0.3) is 0 Å². The molecule has 0 spiro atoms. The Morgan fingerprint density at radius 1 is 0.952 bits per heavy atom. The van der Waals surface area contributed by atoms with Crippen LogP contribution in [-0.4, -0.2) is 7.05 Å². The largest absolute Gasteiger partial charge is 0.313 e. The van der Waals surface area contributed by atoms with Crippen LogP contribution in [0.5, 0.6) is 0 Å². The highest BCUT2D eigenvalue weighted by Gasteiger charge is 2.21. The molecule has 21 heavy (non-hydrogen) atoms. The van der Waals surface area contributed by atoms with Crippen molar-refractivity contribution in [1.82, 2.24) is 5.32 Å². The van der Waals surface area contributed by atoms with Gasteiger partial charge in [0.15, 0.2) is 0 Å². The molecule has 0 bridgehead atoms. The second kappa shape index (κ2) is 6.58. The normalized spacial score (nSPS) is 12.5. The summed E-state index contributed by atoms with van der Waals surface area (Å²) in [5, 5.41) is 2.77. The fraction of sp³-hybridized carbons (Fsp3) is 0.200. The second-order valence-electron chi connectivity index (χ2n) is 4.61. The summed E-state index contributed by atoms with van der Waals surface area (Å²) in [5.74, 6) is -3.36. The third-order valence-electron chi connectivity index (χ3n) is 3.10. The molecule has 0 saturated heterocycles. The summed E-state index contributed by atoms with van der Waals surface area (Å²) in [6.07, 6.45) is 0.159. The molecule has 1 unspecified atom stereocenters. The minimum atomic E-state index is -0.975. The minimum absolute atomic E-state index is 0.159. The molecule has 0 heterocycles. The molecule has 2 aromatic carbocycles. The summed E-state index contributed by atoms with van der Waals surface area (Å²) in [6.45, 7) is 0. The van der Waals surface area contributed by atoms with Crippen molar-refractivity contribution in [2.24, 2.45) is 0 Å². The average molecular weight is 362 g/mol. The van der Waals surface area contributed by atoms with E-state index in [9.17, 15) is 17.6 Å². The molecule has 0 aliphatic rings. The zero-order valence-electron chi connectivity index (χ0n) is 11.1. The lowest BCUT2D eigenvalue weighted by molar-refractivity contribution is 0.474. The van der Waals surface area contributed by atoms with E-state index in [-0.39, 0.29) is 12.0 Å². The fourth-order valence-corrected chi connectivity index (χ4v) is 2.71. The van der Waals surface area contributed by atoms with Gasteiger partial charge in [-0.15, -0.1) is 0 Å². The van der Waals surface area contributed by atoms with Crippen LogP contribution < -0.4 is 5.32 Å². The molecule has 0 saturated carbocycles. The van der Waals surface area contributed by atoms with Crippen molar-refractivity contribution in [1.29, 1.82) is 0 Å².